The smallest absolute Gasteiger partial charge is 0.242 e. The second kappa shape index (κ2) is 6.48. The second-order valence-corrected chi connectivity index (χ2v) is 7.59. The van der Waals surface area contributed by atoms with Gasteiger partial charge in [-0.2, -0.15) is 5.10 Å². The summed E-state index contributed by atoms with van der Waals surface area (Å²) < 4.78 is 29.6. The first kappa shape index (κ1) is 16.5. The molecule has 0 saturated carbocycles. The van der Waals surface area contributed by atoms with Crippen molar-refractivity contribution in [3.63, 3.8) is 0 Å². The van der Waals surface area contributed by atoms with Gasteiger partial charge >= 0.3 is 0 Å². The topological polar surface area (TPSA) is 64.0 Å². The fourth-order valence-corrected chi connectivity index (χ4v) is 4.01. The van der Waals surface area contributed by atoms with Gasteiger partial charge in [-0.15, -0.1) is 0 Å². The van der Waals surface area contributed by atoms with Crippen molar-refractivity contribution in [3.05, 3.63) is 45.1 Å². The van der Waals surface area contributed by atoms with Gasteiger partial charge in [0.15, 0.2) is 0 Å². The summed E-state index contributed by atoms with van der Waals surface area (Å²) in [6.45, 7) is 2.16. The van der Waals surface area contributed by atoms with Crippen LogP contribution in [0.15, 0.2) is 33.8 Å². The Hall–Kier alpha value is -0.890. The van der Waals surface area contributed by atoms with Crippen LogP contribution in [-0.2, 0) is 30.0 Å². The molecule has 1 aromatic carbocycles. The molecule has 8 heteroatoms. The zero-order chi connectivity index (χ0) is 15.6. The minimum absolute atomic E-state index is 0.0642. The van der Waals surface area contributed by atoms with Crippen molar-refractivity contribution < 1.29 is 8.42 Å². The fraction of sp³-hybridized carbons (Fsp3) is 0.308. The summed E-state index contributed by atoms with van der Waals surface area (Å²) in [4.78, 5) is 0.0642. The van der Waals surface area contributed by atoms with Crippen molar-refractivity contribution in [1.29, 1.82) is 0 Å². The molecule has 0 saturated heterocycles. The van der Waals surface area contributed by atoms with Gasteiger partial charge in [-0.25, -0.2) is 13.1 Å². The van der Waals surface area contributed by atoms with E-state index in [1.807, 2.05) is 20.2 Å². The number of aryl methyl sites for hydroxylation is 2. The van der Waals surface area contributed by atoms with E-state index >= 15 is 0 Å². The highest BCUT2D eigenvalue weighted by Gasteiger charge is 2.18. The van der Waals surface area contributed by atoms with E-state index in [2.05, 4.69) is 25.8 Å². The molecule has 0 aliphatic carbocycles. The monoisotopic (exact) mass is 391 g/mol. The lowest BCUT2D eigenvalue weighted by molar-refractivity contribution is 0.581. The van der Waals surface area contributed by atoms with Crippen molar-refractivity contribution >= 4 is 37.6 Å². The van der Waals surface area contributed by atoms with E-state index < -0.39 is 10.0 Å². The quantitative estimate of drug-likeness (QED) is 0.851. The Balaban J connectivity index is 2.21. The summed E-state index contributed by atoms with van der Waals surface area (Å²) in [5.74, 6) is 0. The first-order valence-electron chi connectivity index (χ1n) is 6.29. The molecule has 0 aliphatic rings. The Kier molecular flexibility index (Phi) is 5.08. The number of halogens is 2. The number of benzene rings is 1. The van der Waals surface area contributed by atoms with Gasteiger partial charge in [0.05, 0.1) is 10.7 Å². The van der Waals surface area contributed by atoms with Crippen molar-refractivity contribution in [1.82, 2.24) is 14.5 Å². The highest BCUT2D eigenvalue weighted by atomic mass is 79.9. The summed E-state index contributed by atoms with van der Waals surface area (Å²) in [5.41, 5.74) is 1.74. The molecule has 0 amide bonds. The molecule has 0 atom stereocenters. The highest BCUT2D eigenvalue weighted by molar-refractivity contribution is 9.10. The zero-order valence-corrected chi connectivity index (χ0v) is 14.8. The largest absolute Gasteiger partial charge is 0.275 e. The van der Waals surface area contributed by atoms with Gasteiger partial charge < -0.3 is 0 Å². The Bertz CT molecular complexity index is 759. The summed E-state index contributed by atoms with van der Waals surface area (Å²) in [6, 6.07) is 4.67. The molecule has 0 bridgehead atoms. The van der Waals surface area contributed by atoms with E-state index in [1.165, 1.54) is 6.07 Å². The van der Waals surface area contributed by atoms with Crippen LogP contribution in [0.4, 0.5) is 0 Å². The number of hydrogen-bond donors (Lipinski definition) is 1. The average Bonchev–Trinajstić information content (AvgIpc) is 2.76. The number of rotatable bonds is 5. The van der Waals surface area contributed by atoms with Crippen molar-refractivity contribution in [2.45, 2.75) is 24.8 Å². The molecular weight excluding hydrogens is 378 g/mol. The van der Waals surface area contributed by atoms with Crippen LogP contribution in [0.5, 0.6) is 0 Å². The van der Waals surface area contributed by atoms with E-state index in [-0.39, 0.29) is 16.5 Å². The summed E-state index contributed by atoms with van der Waals surface area (Å²) >= 11 is 9.24. The molecule has 5 nitrogen and oxygen atoms in total. The zero-order valence-electron chi connectivity index (χ0n) is 11.6. The van der Waals surface area contributed by atoms with E-state index in [9.17, 15) is 8.42 Å². The van der Waals surface area contributed by atoms with Gasteiger partial charge in [0.25, 0.3) is 0 Å². The minimum Gasteiger partial charge on any atom is -0.275 e. The highest BCUT2D eigenvalue weighted by Crippen LogP contribution is 2.25. The van der Waals surface area contributed by atoms with E-state index in [0.717, 1.165) is 22.2 Å². The van der Waals surface area contributed by atoms with E-state index in [0.29, 0.717) is 0 Å². The first-order chi connectivity index (χ1) is 9.83. The molecule has 114 valence electrons. The number of aromatic nitrogens is 2. The van der Waals surface area contributed by atoms with Gasteiger partial charge in [-0.1, -0.05) is 34.5 Å². The van der Waals surface area contributed by atoms with Gasteiger partial charge in [-0.3, -0.25) is 4.68 Å². The third-order valence-electron chi connectivity index (χ3n) is 2.96. The number of nitrogens with one attached hydrogen (secondary N) is 1. The van der Waals surface area contributed by atoms with Gasteiger partial charge in [0.2, 0.25) is 10.0 Å². The van der Waals surface area contributed by atoms with Crippen LogP contribution in [-0.4, -0.2) is 18.2 Å². The Morgan fingerprint density at radius 1 is 1.43 bits per heavy atom. The van der Waals surface area contributed by atoms with Gasteiger partial charge in [0, 0.05) is 29.8 Å². The van der Waals surface area contributed by atoms with E-state index in [1.54, 1.807) is 16.8 Å². The van der Waals surface area contributed by atoms with Crippen molar-refractivity contribution in [2.75, 3.05) is 0 Å². The Morgan fingerprint density at radius 2 is 2.14 bits per heavy atom. The van der Waals surface area contributed by atoms with Crippen LogP contribution in [0.1, 0.15) is 18.2 Å². The minimum atomic E-state index is -3.66. The van der Waals surface area contributed by atoms with Gasteiger partial charge in [-0.05, 0) is 24.6 Å². The molecule has 0 spiro atoms. The molecule has 0 radical (unpaired) electrons. The third kappa shape index (κ3) is 3.85. The molecule has 0 aliphatic heterocycles. The van der Waals surface area contributed by atoms with Crippen LogP contribution in [0.25, 0.3) is 0 Å². The molecule has 2 rings (SSSR count). The molecule has 0 fully saturated rings. The first-order valence-corrected chi connectivity index (χ1v) is 8.95. The van der Waals surface area contributed by atoms with Crippen LogP contribution in [0.3, 0.4) is 0 Å². The maximum Gasteiger partial charge on any atom is 0.242 e. The Labute approximate surface area is 137 Å². The van der Waals surface area contributed by atoms with Gasteiger partial charge in [0.1, 0.15) is 4.90 Å². The lowest BCUT2D eigenvalue weighted by Crippen LogP contribution is -2.23. The normalized spacial score (nSPS) is 11.8. The standard InChI is InChI=1S/C13H15BrClN3O2S/c1-3-12-9(8-18(2)17-12)7-16-21(19,20)13-5-4-10(14)6-11(13)15/h4-6,8,16H,3,7H2,1-2H3. The maximum atomic E-state index is 12.3. The van der Waals surface area contributed by atoms with Crippen molar-refractivity contribution in [3.8, 4) is 0 Å². The predicted octanol–water partition coefficient (Wildman–Crippen LogP) is 2.88. The summed E-state index contributed by atoms with van der Waals surface area (Å²) in [7, 11) is -1.85. The Morgan fingerprint density at radius 3 is 2.76 bits per heavy atom. The van der Waals surface area contributed by atoms with E-state index in [4.69, 9.17) is 11.6 Å². The number of hydrogen-bond acceptors (Lipinski definition) is 3. The average molecular weight is 393 g/mol. The summed E-state index contributed by atoms with van der Waals surface area (Å²) in [6.07, 6.45) is 2.56. The molecule has 0 unspecified atom stereocenters. The van der Waals surface area contributed by atoms with Crippen LogP contribution >= 0.6 is 27.5 Å². The van der Waals surface area contributed by atoms with Crippen LogP contribution in [0.2, 0.25) is 5.02 Å². The molecular formula is C13H15BrClN3O2S. The molecule has 21 heavy (non-hydrogen) atoms. The SMILES string of the molecule is CCc1nn(C)cc1CNS(=O)(=O)c1ccc(Br)cc1Cl. The molecule has 2 aromatic rings. The van der Waals surface area contributed by atoms with Crippen LogP contribution in [0, 0.1) is 0 Å². The second-order valence-electron chi connectivity index (χ2n) is 4.53. The predicted molar refractivity (Wildman–Crippen MR) is 85.8 cm³/mol. The maximum absolute atomic E-state index is 12.3. The fourth-order valence-electron chi connectivity index (χ4n) is 1.97. The van der Waals surface area contributed by atoms with Crippen molar-refractivity contribution in [2.24, 2.45) is 7.05 Å². The number of nitrogens with zero attached hydrogens (tertiary/aromatic N) is 2. The molecule has 1 heterocycles. The lowest BCUT2D eigenvalue weighted by atomic mass is 10.2. The summed E-state index contributed by atoms with van der Waals surface area (Å²) in [5, 5.41) is 4.46. The molecule has 1 aromatic heterocycles. The molecule has 1 N–H and O–H groups in total. The van der Waals surface area contributed by atoms with Crippen LogP contribution < -0.4 is 4.72 Å². The number of sulfonamides is 1. The third-order valence-corrected chi connectivity index (χ3v) is 5.34. The lowest BCUT2D eigenvalue weighted by Gasteiger charge is -2.08.